The van der Waals surface area contributed by atoms with Gasteiger partial charge in [-0.3, -0.25) is 0 Å². The molecule has 15 heavy (non-hydrogen) atoms. The predicted molar refractivity (Wildman–Crippen MR) is 63.0 cm³/mol. The molecule has 0 aliphatic heterocycles. The van der Waals surface area contributed by atoms with Gasteiger partial charge in [-0.05, 0) is 24.1 Å². The van der Waals surface area contributed by atoms with E-state index >= 15 is 0 Å². The van der Waals surface area contributed by atoms with Crippen LogP contribution in [0.25, 0.3) is 6.08 Å². The second-order valence-electron chi connectivity index (χ2n) is 3.67. The Morgan fingerprint density at radius 1 is 1.40 bits per heavy atom. The third kappa shape index (κ3) is 3.42. The van der Waals surface area contributed by atoms with Gasteiger partial charge < -0.3 is 0 Å². The summed E-state index contributed by atoms with van der Waals surface area (Å²) in [7, 11) is 0. The maximum Gasteiger partial charge on any atom is 0.130 e. The highest BCUT2D eigenvalue weighted by atomic mass is 79.9. The second kappa shape index (κ2) is 5.40. The smallest absolute Gasteiger partial charge is 0.130 e. The van der Waals surface area contributed by atoms with Crippen LogP contribution in [-0.2, 0) is 0 Å². The summed E-state index contributed by atoms with van der Waals surface area (Å²) in [6.07, 6.45) is 1.69. The molecule has 0 atom stereocenters. The van der Waals surface area contributed by atoms with Crippen LogP contribution in [0.15, 0.2) is 23.8 Å². The molecule has 1 aromatic carbocycles. The number of alkyl halides is 1. The van der Waals surface area contributed by atoms with E-state index in [9.17, 15) is 8.78 Å². The molecule has 0 saturated carbocycles. The Bertz CT molecular complexity index is 370. The van der Waals surface area contributed by atoms with E-state index in [0.29, 0.717) is 16.8 Å². The molecule has 0 unspecified atom stereocenters. The van der Waals surface area contributed by atoms with Gasteiger partial charge in [0.15, 0.2) is 0 Å². The molecular formula is C12H13BrF2. The normalized spacial score (nSPS) is 12.3. The molecule has 1 aromatic rings. The molecule has 0 N–H and O–H groups in total. The van der Waals surface area contributed by atoms with Crippen molar-refractivity contribution >= 4 is 22.0 Å². The zero-order valence-corrected chi connectivity index (χ0v) is 10.3. The Balaban J connectivity index is 3.10. The average molecular weight is 275 g/mol. The van der Waals surface area contributed by atoms with Gasteiger partial charge in [0.2, 0.25) is 0 Å². The summed E-state index contributed by atoms with van der Waals surface area (Å²) in [6.45, 7) is 4.04. The highest BCUT2D eigenvalue weighted by molar-refractivity contribution is 9.09. The molecule has 82 valence electrons. The largest absolute Gasteiger partial charge is 0.207 e. The topological polar surface area (TPSA) is 0 Å². The molecular weight excluding hydrogens is 262 g/mol. The van der Waals surface area contributed by atoms with Crippen LogP contribution in [0.3, 0.4) is 0 Å². The van der Waals surface area contributed by atoms with Crippen LogP contribution in [0.1, 0.15) is 19.4 Å². The summed E-state index contributed by atoms with van der Waals surface area (Å²) < 4.78 is 26.2. The minimum atomic E-state index is -0.416. The van der Waals surface area contributed by atoms with E-state index < -0.39 is 11.6 Å². The fraction of sp³-hybridized carbons (Fsp3) is 0.333. The van der Waals surface area contributed by atoms with Crippen LogP contribution in [-0.4, -0.2) is 5.33 Å². The minimum absolute atomic E-state index is 0.304. The first-order chi connectivity index (χ1) is 7.04. The van der Waals surface area contributed by atoms with E-state index in [1.807, 2.05) is 13.8 Å². The highest BCUT2D eigenvalue weighted by Gasteiger charge is 2.05. The van der Waals surface area contributed by atoms with Crippen molar-refractivity contribution in [2.45, 2.75) is 13.8 Å². The fourth-order valence-electron chi connectivity index (χ4n) is 1.18. The second-order valence-corrected chi connectivity index (χ2v) is 4.23. The molecule has 0 aliphatic rings. The molecule has 0 radical (unpaired) electrons. The van der Waals surface area contributed by atoms with Gasteiger partial charge in [0, 0.05) is 10.9 Å². The fourth-order valence-corrected chi connectivity index (χ4v) is 1.99. The van der Waals surface area contributed by atoms with Crippen LogP contribution in [0.5, 0.6) is 0 Å². The van der Waals surface area contributed by atoms with Gasteiger partial charge in [-0.25, -0.2) is 8.78 Å². The van der Waals surface area contributed by atoms with Gasteiger partial charge >= 0.3 is 0 Å². The first-order valence-electron chi connectivity index (χ1n) is 4.76. The Morgan fingerprint density at radius 2 is 2.07 bits per heavy atom. The van der Waals surface area contributed by atoms with E-state index in [1.54, 1.807) is 6.08 Å². The van der Waals surface area contributed by atoms with E-state index in [0.717, 1.165) is 17.7 Å². The van der Waals surface area contributed by atoms with Gasteiger partial charge in [0.05, 0.1) is 0 Å². The van der Waals surface area contributed by atoms with Gasteiger partial charge in [-0.2, -0.15) is 0 Å². The average Bonchev–Trinajstić information content (AvgIpc) is 2.18. The lowest BCUT2D eigenvalue weighted by Gasteiger charge is -2.08. The van der Waals surface area contributed by atoms with Crippen LogP contribution in [0, 0.1) is 17.6 Å². The maximum atomic E-state index is 13.3. The number of hydrogen-bond donors (Lipinski definition) is 0. The number of benzene rings is 1. The lowest BCUT2D eigenvalue weighted by molar-refractivity contribution is 0.597. The number of halogens is 3. The van der Waals surface area contributed by atoms with Crippen LogP contribution >= 0.6 is 15.9 Å². The molecule has 0 bridgehead atoms. The van der Waals surface area contributed by atoms with Gasteiger partial charge in [0.25, 0.3) is 0 Å². The van der Waals surface area contributed by atoms with E-state index in [4.69, 9.17) is 0 Å². The summed E-state index contributed by atoms with van der Waals surface area (Å²) >= 11 is 3.33. The lowest BCUT2D eigenvalue weighted by atomic mass is 10.0. The van der Waals surface area contributed by atoms with Crippen molar-refractivity contribution < 1.29 is 8.78 Å². The summed E-state index contributed by atoms with van der Waals surface area (Å²) in [5.41, 5.74) is 1.35. The van der Waals surface area contributed by atoms with Crippen molar-refractivity contribution in [2.24, 2.45) is 5.92 Å². The number of hydrogen-bond acceptors (Lipinski definition) is 0. The molecule has 0 saturated heterocycles. The standard InChI is InChI=1S/C12H13BrF2/c1-8(2)10(7-13)5-9-6-11(14)3-4-12(9)15/h3-6,8H,7H2,1-2H3. The Kier molecular flexibility index (Phi) is 4.45. The molecule has 0 fully saturated rings. The first-order valence-corrected chi connectivity index (χ1v) is 5.88. The zero-order chi connectivity index (χ0) is 11.4. The van der Waals surface area contributed by atoms with Gasteiger partial charge in [0.1, 0.15) is 11.6 Å². The maximum absolute atomic E-state index is 13.3. The van der Waals surface area contributed by atoms with Crippen molar-refractivity contribution in [2.75, 3.05) is 5.33 Å². The molecule has 0 nitrogen and oxygen atoms in total. The Labute approximate surface area is 97.1 Å². The van der Waals surface area contributed by atoms with E-state index in [2.05, 4.69) is 15.9 Å². The SMILES string of the molecule is CC(C)C(=Cc1cc(F)ccc1F)CBr. The quantitative estimate of drug-likeness (QED) is 0.717. The Morgan fingerprint density at radius 3 is 2.60 bits per heavy atom. The van der Waals surface area contributed by atoms with Crippen LogP contribution in [0.2, 0.25) is 0 Å². The molecule has 0 amide bonds. The van der Waals surface area contributed by atoms with Gasteiger partial charge in [-0.15, -0.1) is 0 Å². The molecule has 0 aliphatic carbocycles. The summed E-state index contributed by atoms with van der Waals surface area (Å²) in [5.74, 6) is -0.497. The number of allylic oxidation sites excluding steroid dienone is 1. The molecule has 0 heterocycles. The van der Waals surface area contributed by atoms with Gasteiger partial charge in [-0.1, -0.05) is 41.4 Å². The molecule has 0 spiro atoms. The first kappa shape index (κ1) is 12.4. The molecule has 3 heteroatoms. The van der Waals surface area contributed by atoms with Crippen molar-refractivity contribution in [3.05, 3.63) is 41.0 Å². The van der Waals surface area contributed by atoms with Crippen molar-refractivity contribution in [3.8, 4) is 0 Å². The zero-order valence-electron chi connectivity index (χ0n) is 8.73. The summed E-state index contributed by atoms with van der Waals surface area (Å²) in [4.78, 5) is 0. The van der Waals surface area contributed by atoms with Crippen LogP contribution in [0.4, 0.5) is 8.78 Å². The lowest BCUT2D eigenvalue weighted by Crippen LogP contribution is -1.96. The summed E-state index contributed by atoms with van der Waals surface area (Å²) in [5, 5.41) is 0.667. The predicted octanol–water partition coefficient (Wildman–Crippen LogP) is 4.40. The Hall–Kier alpha value is -0.700. The third-order valence-corrected chi connectivity index (χ3v) is 2.84. The van der Waals surface area contributed by atoms with Crippen molar-refractivity contribution in [3.63, 3.8) is 0 Å². The van der Waals surface area contributed by atoms with E-state index in [1.165, 1.54) is 6.07 Å². The molecule has 0 aromatic heterocycles. The summed E-state index contributed by atoms with van der Waals surface area (Å²) in [6, 6.07) is 3.48. The number of rotatable bonds is 3. The van der Waals surface area contributed by atoms with Crippen LogP contribution < -0.4 is 0 Å². The third-order valence-electron chi connectivity index (χ3n) is 2.19. The monoisotopic (exact) mass is 274 g/mol. The van der Waals surface area contributed by atoms with Crippen molar-refractivity contribution in [1.29, 1.82) is 0 Å². The van der Waals surface area contributed by atoms with E-state index in [-0.39, 0.29) is 0 Å². The van der Waals surface area contributed by atoms with Crippen molar-refractivity contribution in [1.82, 2.24) is 0 Å². The molecule has 1 rings (SSSR count). The minimum Gasteiger partial charge on any atom is -0.207 e. The highest BCUT2D eigenvalue weighted by Crippen LogP contribution is 2.19.